The van der Waals surface area contributed by atoms with Crippen LogP contribution in [0.25, 0.3) is 0 Å². The number of ether oxygens (including phenoxy) is 1. The van der Waals surface area contributed by atoms with Gasteiger partial charge in [-0.05, 0) is 19.1 Å². The van der Waals surface area contributed by atoms with E-state index in [1.807, 2.05) is 0 Å². The Morgan fingerprint density at radius 1 is 1.40 bits per heavy atom. The number of alkyl halides is 3. The summed E-state index contributed by atoms with van der Waals surface area (Å²) in [5, 5.41) is 11.7. The molecule has 0 aliphatic rings. The normalized spacial score (nSPS) is 12.8. The van der Waals surface area contributed by atoms with Crippen molar-refractivity contribution < 1.29 is 22.7 Å². The number of amides is 1. The Bertz CT molecular complexity index is 436. The lowest BCUT2D eigenvalue weighted by molar-refractivity contribution is -0.141. The first-order valence-corrected chi connectivity index (χ1v) is 5.78. The minimum absolute atomic E-state index is 0.0902. The van der Waals surface area contributed by atoms with Gasteiger partial charge in [0.1, 0.15) is 11.9 Å². The van der Waals surface area contributed by atoms with E-state index in [0.29, 0.717) is 13.2 Å². The smallest absolute Gasteiger partial charge is 0.383 e. The molecule has 20 heavy (non-hydrogen) atoms. The lowest BCUT2D eigenvalue weighted by Crippen LogP contribution is -2.39. The highest BCUT2D eigenvalue weighted by Gasteiger charge is 2.32. The van der Waals surface area contributed by atoms with Crippen LogP contribution >= 0.6 is 0 Å². The van der Waals surface area contributed by atoms with Crippen LogP contribution in [-0.4, -0.2) is 42.4 Å². The van der Waals surface area contributed by atoms with E-state index in [2.05, 4.69) is 20.8 Å². The number of halogens is 3. The molecule has 1 unspecified atom stereocenters. The maximum atomic E-state index is 12.3. The molecule has 1 rings (SSSR count). The van der Waals surface area contributed by atoms with Crippen molar-refractivity contribution in [3.05, 3.63) is 17.8 Å². The van der Waals surface area contributed by atoms with Crippen molar-refractivity contribution in [1.29, 1.82) is 0 Å². The van der Waals surface area contributed by atoms with Crippen molar-refractivity contribution in [2.45, 2.75) is 19.1 Å². The summed E-state index contributed by atoms with van der Waals surface area (Å²) in [6.45, 7) is 2.28. The van der Waals surface area contributed by atoms with Gasteiger partial charge in [0.2, 0.25) is 5.91 Å². The lowest BCUT2D eigenvalue weighted by Gasteiger charge is -2.14. The van der Waals surface area contributed by atoms with Gasteiger partial charge in [-0.25, -0.2) is 0 Å². The summed E-state index contributed by atoms with van der Waals surface area (Å²) in [7, 11) is 1.51. The fraction of sp³-hybridized carbons (Fsp3) is 0.545. The molecule has 1 heterocycles. The highest BCUT2D eigenvalue weighted by Crippen LogP contribution is 2.27. The molecular weight excluding hydrogens is 277 g/mol. The average molecular weight is 292 g/mol. The number of nitrogens with zero attached hydrogens (tertiary/aromatic N) is 2. The second-order valence-electron chi connectivity index (χ2n) is 3.95. The van der Waals surface area contributed by atoms with E-state index >= 15 is 0 Å². The van der Waals surface area contributed by atoms with E-state index in [1.165, 1.54) is 7.11 Å². The number of methoxy groups -OCH3 is 1. The quantitative estimate of drug-likeness (QED) is 0.767. The first-order valence-electron chi connectivity index (χ1n) is 5.78. The van der Waals surface area contributed by atoms with Gasteiger partial charge in [-0.1, -0.05) is 0 Å². The summed E-state index contributed by atoms with van der Waals surface area (Å²) in [6.07, 6.45) is -4.53. The van der Waals surface area contributed by atoms with Gasteiger partial charge in [-0.3, -0.25) is 4.79 Å². The monoisotopic (exact) mass is 292 g/mol. The largest absolute Gasteiger partial charge is 0.435 e. The number of aromatic nitrogens is 2. The second kappa shape index (κ2) is 7.04. The van der Waals surface area contributed by atoms with Crippen LogP contribution in [0.3, 0.4) is 0 Å². The summed E-state index contributed by atoms with van der Waals surface area (Å²) < 4.78 is 41.6. The topological polar surface area (TPSA) is 76.1 Å². The summed E-state index contributed by atoms with van der Waals surface area (Å²) in [5.41, 5.74) is -1.08. The van der Waals surface area contributed by atoms with Crippen LogP contribution in [0.15, 0.2) is 12.1 Å². The van der Waals surface area contributed by atoms with Crippen LogP contribution < -0.4 is 10.6 Å². The molecule has 112 valence electrons. The Morgan fingerprint density at radius 2 is 2.10 bits per heavy atom. The second-order valence-corrected chi connectivity index (χ2v) is 3.95. The molecule has 1 aromatic rings. The van der Waals surface area contributed by atoms with Gasteiger partial charge in [-0.2, -0.15) is 13.2 Å². The molecule has 0 bridgehead atoms. The molecule has 0 saturated carbocycles. The summed E-state index contributed by atoms with van der Waals surface area (Å²) in [6, 6.07) is 1.26. The van der Waals surface area contributed by atoms with E-state index in [4.69, 9.17) is 4.74 Å². The number of nitrogens with one attached hydrogen (secondary N) is 2. The molecule has 0 fully saturated rings. The highest BCUT2D eigenvalue weighted by atomic mass is 19.4. The first-order chi connectivity index (χ1) is 9.34. The average Bonchev–Trinajstić information content (AvgIpc) is 2.38. The Labute approximate surface area is 113 Å². The third-order valence-electron chi connectivity index (χ3n) is 2.32. The van der Waals surface area contributed by atoms with Gasteiger partial charge < -0.3 is 15.4 Å². The Morgan fingerprint density at radius 3 is 2.60 bits per heavy atom. The van der Waals surface area contributed by atoms with Crippen LogP contribution in [-0.2, 0) is 15.7 Å². The lowest BCUT2D eigenvalue weighted by atomic mass is 10.3. The standard InChI is InChI=1S/C11H15F3N4O2/c1-7(10(19)15-5-6-20-2)16-9-4-3-8(17-18-9)11(12,13)14/h3-4,7H,5-6H2,1-2H3,(H,15,19)(H,16,18). The fourth-order valence-corrected chi connectivity index (χ4v) is 1.28. The van der Waals surface area contributed by atoms with Crippen molar-refractivity contribution in [1.82, 2.24) is 15.5 Å². The predicted molar refractivity (Wildman–Crippen MR) is 65.0 cm³/mol. The van der Waals surface area contributed by atoms with Gasteiger partial charge in [0.05, 0.1) is 6.61 Å². The van der Waals surface area contributed by atoms with Crippen molar-refractivity contribution in [3.8, 4) is 0 Å². The summed E-state index contributed by atoms with van der Waals surface area (Å²) in [5.74, 6) is -0.226. The molecule has 0 aliphatic carbocycles. The predicted octanol–water partition coefficient (Wildman–Crippen LogP) is 1.06. The van der Waals surface area contributed by atoms with E-state index in [9.17, 15) is 18.0 Å². The molecule has 1 aromatic heterocycles. The van der Waals surface area contributed by atoms with Crippen molar-refractivity contribution >= 4 is 11.7 Å². The zero-order valence-corrected chi connectivity index (χ0v) is 11.0. The van der Waals surface area contributed by atoms with Crippen molar-refractivity contribution in [2.75, 3.05) is 25.6 Å². The van der Waals surface area contributed by atoms with E-state index in [-0.39, 0.29) is 11.7 Å². The highest BCUT2D eigenvalue weighted by molar-refractivity contribution is 5.83. The number of carbonyl (C=O) groups is 1. The molecule has 0 aromatic carbocycles. The maximum Gasteiger partial charge on any atom is 0.435 e. The Balaban J connectivity index is 2.53. The van der Waals surface area contributed by atoms with Gasteiger partial charge in [0.25, 0.3) is 0 Å². The molecule has 0 radical (unpaired) electrons. The number of hydrogen-bond donors (Lipinski definition) is 2. The molecule has 6 nitrogen and oxygen atoms in total. The SMILES string of the molecule is COCCNC(=O)C(C)Nc1ccc(C(F)(F)F)nn1. The molecule has 9 heteroatoms. The van der Waals surface area contributed by atoms with Gasteiger partial charge in [0, 0.05) is 13.7 Å². The van der Waals surface area contributed by atoms with E-state index in [0.717, 1.165) is 12.1 Å². The fourth-order valence-electron chi connectivity index (χ4n) is 1.28. The van der Waals surface area contributed by atoms with E-state index < -0.39 is 17.9 Å². The number of hydrogen-bond acceptors (Lipinski definition) is 5. The van der Waals surface area contributed by atoms with Crippen LogP contribution in [0.5, 0.6) is 0 Å². The zero-order chi connectivity index (χ0) is 15.2. The molecule has 0 spiro atoms. The molecule has 0 aliphatic heterocycles. The zero-order valence-electron chi connectivity index (χ0n) is 11.0. The van der Waals surface area contributed by atoms with Crippen LogP contribution in [0.1, 0.15) is 12.6 Å². The molecule has 1 amide bonds. The third kappa shape index (κ3) is 5.00. The minimum Gasteiger partial charge on any atom is -0.383 e. The van der Waals surface area contributed by atoms with Crippen LogP contribution in [0.2, 0.25) is 0 Å². The molecule has 2 N–H and O–H groups in total. The third-order valence-corrected chi connectivity index (χ3v) is 2.32. The Kier molecular flexibility index (Phi) is 5.68. The minimum atomic E-state index is -4.53. The van der Waals surface area contributed by atoms with Crippen LogP contribution in [0.4, 0.5) is 19.0 Å². The summed E-state index contributed by atoms with van der Waals surface area (Å²) in [4.78, 5) is 11.6. The Hall–Kier alpha value is -1.90. The maximum absolute atomic E-state index is 12.3. The molecule has 0 saturated heterocycles. The number of rotatable bonds is 6. The number of carbonyl (C=O) groups excluding carboxylic acids is 1. The van der Waals surface area contributed by atoms with Crippen LogP contribution in [0, 0.1) is 0 Å². The van der Waals surface area contributed by atoms with E-state index in [1.54, 1.807) is 6.92 Å². The van der Waals surface area contributed by atoms with Gasteiger partial charge in [0.15, 0.2) is 5.69 Å². The summed E-state index contributed by atoms with van der Waals surface area (Å²) >= 11 is 0. The first kappa shape index (κ1) is 16.2. The number of anilines is 1. The molecule has 1 atom stereocenters. The van der Waals surface area contributed by atoms with Crippen molar-refractivity contribution in [3.63, 3.8) is 0 Å². The molecular formula is C11H15F3N4O2. The van der Waals surface area contributed by atoms with Gasteiger partial charge in [-0.15, -0.1) is 10.2 Å². The van der Waals surface area contributed by atoms with Crippen molar-refractivity contribution in [2.24, 2.45) is 0 Å². The van der Waals surface area contributed by atoms with Gasteiger partial charge >= 0.3 is 6.18 Å².